The lowest BCUT2D eigenvalue weighted by Crippen LogP contribution is -2.34. The van der Waals surface area contributed by atoms with Crippen LogP contribution in [0.4, 0.5) is 26.3 Å². The van der Waals surface area contributed by atoms with Crippen LogP contribution in [-0.4, -0.2) is 23.6 Å². The van der Waals surface area contributed by atoms with Gasteiger partial charge in [0, 0.05) is 22.7 Å². The maximum atomic E-state index is 14.2. The van der Waals surface area contributed by atoms with E-state index in [9.17, 15) is 31.1 Å². The molecule has 0 saturated heterocycles. The van der Waals surface area contributed by atoms with Crippen molar-refractivity contribution in [3.05, 3.63) is 59.5 Å². The smallest absolute Gasteiger partial charge is 0.360 e. The Morgan fingerprint density at radius 3 is 2.31 bits per heavy atom. The quantitative estimate of drug-likeness (QED) is 0.652. The van der Waals surface area contributed by atoms with E-state index in [4.69, 9.17) is 0 Å². The van der Waals surface area contributed by atoms with E-state index in [1.807, 2.05) is 0 Å². The highest BCUT2D eigenvalue weighted by Crippen LogP contribution is 2.31. The third-order valence-corrected chi connectivity index (χ3v) is 3.67. The highest BCUT2D eigenvalue weighted by molar-refractivity contribution is 5.98. The number of carbonyl (C=O) groups excluding carboxylic acids is 1. The first-order valence-electron chi connectivity index (χ1n) is 7.27. The number of carbonyl (C=O) groups is 1. The molecule has 0 aliphatic heterocycles. The molecule has 2 N–H and O–H groups in total. The molecule has 3 nitrogen and oxygen atoms in total. The van der Waals surface area contributed by atoms with E-state index in [1.54, 1.807) is 0 Å². The van der Waals surface area contributed by atoms with Crippen LogP contribution in [0.2, 0.25) is 0 Å². The van der Waals surface area contributed by atoms with Gasteiger partial charge in [0.1, 0.15) is 29.6 Å². The van der Waals surface area contributed by atoms with Crippen LogP contribution < -0.4 is 5.32 Å². The predicted octanol–water partition coefficient (Wildman–Crippen LogP) is 4.54. The number of hydrogen-bond acceptors (Lipinski definition) is 1. The van der Waals surface area contributed by atoms with Crippen molar-refractivity contribution in [1.82, 2.24) is 10.3 Å². The van der Waals surface area contributed by atoms with Crippen LogP contribution in [-0.2, 0) is 0 Å². The monoisotopic (exact) mass is 372 g/mol. The third-order valence-electron chi connectivity index (χ3n) is 3.67. The number of hydrogen-bond donors (Lipinski definition) is 2. The molecule has 1 heterocycles. The Morgan fingerprint density at radius 1 is 1.04 bits per heavy atom. The second-order valence-electron chi connectivity index (χ2n) is 5.51. The standard InChI is InChI=1S/C17H10F6N2O/c18-9-1-2-10-11(6-24-14(10)5-9)8-3-12(19)15(13(20)4-8)16(26)25-7-17(21,22)23/h1-6,24H,7H2,(H,25,26). The molecule has 2 aromatic carbocycles. The third kappa shape index (κ3) is 3.51. The molecule has 0 aliphatic rings. The first kappa shape index (κ1) is 17.8. The van der Waals surface area contributed by atoms with E-state index in [0.717, 1.165) is 12.1 Å². The Balaban J connectivity index is 1.97. The summed E-state index contributed by atoms with van der Waals surface area (Å²) in [4.78, 5) is 14.4. The Bertz CT molecular complexity index is 970. The first-order chi connectivity index (χ1) is 12.2. The molecule has 136 valence electrons. The molecule has 3 aromatic rings. The summed E-state index contributed by atoms with van der Waals surface area (Å²) in [6, 6.07) is 5.45. The van der Waals surface area contributed by atoms with Gasteiger partial charge in [-0.25, -0.2) is 13.2 Å². The molecular weight excluding hydrogens is 362 g/mol. The zero-order valence-electron chi connectivity index (χ0n) is 12.8. The molecule has 0 saturated carbocycles. The maximum Gasteiger partial charge on any atom is 0.405 e. The summed E-state index contributed by atoms with van der Waals surface area (Å²) in [5.74, 6) is -4.63. The largest absolute Gasteiger partial charge is 0.405 e. The summed E-state index contributed by atoms with van der Waals surface area (Å²) in [5.41, 5.74) is -0.318. The van der Waals surface area contributed by atoms with Gasteiger partial charge in [-0.3, -0.25) is 4.79 Å². The number of aromatic nitrogens is 1. The number of amides is 1. The van der Waals surface area contributed by atoms with Crippen molar-refractivity contribution in [2.45, 2.75) is 6.18 Å². The van der Waals surface area contributed by atoms with Gasteiger partial charge < -0.3 is 10.3 Å². The minimum atomic E-state index is -4.71. The number of aromatic amines is 1. The van der Waals surface area contributed by atoms with Crippen LogP contribution in [0.1, 0.15) is 10.4 Å². The fourth-order valence-corrected chi connectivity index (χ4v) is 2.55. The lowest BCUT2D eigenvalue weighted by atomic mass is 10.0. The van der Waals surface area contributed by atoms with E-state index in [0.29, 0.717) is 16.5 Å². The summed E-state index contributed by atoms with van der Waals surface area (Å²) in [5, 5.41) is 1.90. The number of rotatable bonds is 3. The summed E-state index contributed by atoms with van der Waals surface area (Å²) in [6.45, 7) is -1.71. The number of H-pyrrole nitrogens is 1. The molecule has 0 atom stereocenters. The van der Waals surface area contributed by atoms with Gasteiger partial charge in [0.05, 0.1) is 0 Å². The second-order valence-corrected chi connectivity index (χ2v) is 5.51. The lowest BCUT2D eigenvalue weighted by Gasteiger charge is -2.10. The summed E-state index contributed by atoms with van der Waals surface area (Å²) < 4.78 is 78.0. The van der Waals surface area contributed by atoms with Crippen molar-refractivity contribution in [2.24, 2.45) is 0 Å². The average molecular weight is 372 g/mol. The Morgan fingerprint density at radius 2 is 1.69 bits per heavy atom. The van der Waals surface area contributed by atoms with Gasteiger partial charge in [0.15, 0.2) is 0 Å². The van der Waals surface area contributed by atoms with E-state index in [2.05, 4.69) is 4.98 Å². The van der Waals surface area contributed by atoms with Gasteiger partial charge in [0.25, 0.3) is 5.91 Å². The van der Waals surface area contributed by atoms with Crippen LogP contribution >= 0.6 is 0 Å². The summed E-state index contributed by atoms with van der Waals surface area (Å²) in [7, 11) is 0. The topological polar surface area (TPSA) is 44.9 Å². The van der Waals surface area contributed by atoms with Crippen LogP contribution in [0, 0.1) is 17.5 Å². The van der Waals surface area contributed by atoms with Crippen molar-refractivity contribution in [3.8, 4) is 11.1 Å². The van der Waals surface area contributed by atoms with E-state index >= 15 is 0 Å². The SMILES string of the molecule is O=C(NCC(F)(F)F)c1c(F)cc(-c2c[nH]c3cc(F)ccc23)cc1F. The summed E-state index contributed by atoms with van der Waals surface area (Å²) in [6.07, 6.45) is -3.30. The van der Waals surface area contributed by atoms with Crippen LogP contribution in [0.25, 0.3) is 22.0 Å². The molecule has 0 aliphatic carbocycles. The predicted molar refractivity (Wildman–Crippen MR) is 82.0 cm³/mol. The van der Waals surface area contributed by atoms with Crippen LogP contribution in [0.15, 0.2) is 36.5 Å². The Hall–Kier alpha value is -2.97. The van der Waals surface area contributed by atoms with Gasteiger partial charge in [-0.2, -0.15) is 13.2 Å². The molecule has 1 aromatic heterocycles. The second kappa shape index (κ2) is 6.40. The average Bonchev–Trinajstić information content (AvgIpc) is 2.94. The van der Waals surface area contributed by atoms with E-state index < -0.39 is 41.6 Å². The Kier molecular flexibility index (Phi) is 4.39. The number of benzene rings is 2. The molecular formula is C17H10F6N2O. The van der Waals surface area contributed by atoms with Crippen molar-refractivity contribution < 1.29 is 31.1 Å². The van der Waals surface area contributed by atoms with E-state index in [-0.39, 0.29) is 5.56 Å². The Labute approximate surface area is 142 Å². The zero-order valence-corrected chi connectivity index (χ0v) is 12.8. The van der Waals surface area contributed by atoms with Gasteiger partial charge in [-0.15, -0.1) is 0 Å². The van der Waals surface area contributed by atoms with E-state index in [1.165, 1.54) is 29.7 Å². The van der Waals surface area contributed by atoms with Gasteiger partial charge in [-0.1, -0.05) is 0 Å². The molecule has 0 radical (unpaired) electrons. The van der Waals surface area contributed by atoms with Crippen LogP contribution in [0.5, 0.6) is 0 Å². The highest BCUT2D eigenvalue weighted by Gasteiger charge is 2.29. The van der Waals surface area contributed by atoms with Gasteiger partial charge in [0.2, 0.25) is 0 Å². The zero-order chi connectivity index (χ0) is 19.1. The minimum Gasteiger partial charge on any atom is -0.360 e. The number of halogens is 6. The number of nitrogens with one attached hydrogen (secondary N) is 2. The number of fused-ring (bicyclic) bond motifs is 1. The summed E-state index contributed by atoms with van der Waals surface area (Å²) >= 11 is 0. The van der Waals surface area contributed by atoms with Crippen molar-refractivity contribution in [3.63, 3.8) is 0 Å². The van der Waals surface area contributed by atoms with Crippen molar-refractivity contribution in [1.29, 1.82) is 0 Å². The number of alkyl halides is 3. The molecule has 0 fully saturated rings. The normalized spacial score (nSPS) is 11.8. The molecule has 0 unspecified atom stereocenters. The molecule has 0 bridgehead atoms. The van der Waals surface area contributed by atoms with Gasteiger partial charge >= 0.3 is 6.18 Å². The molecule has 1 amide bonds. The molecule has 0 spiro atoms. The van der Waals surface area contributed by atoms with Gasteiger partial charge in [-0.05, 0) is 35.9 Å². The van der Waals surface area contributed by atoms with Crippen LogP contribution in [0.3, 0.4) is 0 Å². The maximum absolute atomic E-state index is 14.2. The molecule has 9 heteroatoms. The van der Waals surface area contributed by atoms with Crippen molar-refractivity contribution >= 4 is 16.8 Å². The first-order valence-corrected chi connectivity index (χ1v) is 7.27. The fourth-order valence-electron chi connectivity index (χ4n) is 2.55. The molecule has 3 rings (SSSR count). The minimum absolute atomic E-state index is 0.0465. The fraction of sp³-hybridized carbons (Fsp3) is 0.118. The van der Waals surface area contributed by atoms with Crippen molar-refractivity contribution in [2.75, 3.05) is 6.54 Å². The highest BCUT2D eigenvalue weighted by atomic mass is 19.4. The lowest BCUT2D eigenvalue weighted by molar-refractivity contribution is -0.123. The molecule has 26 heavy (non-hydrogen) atoms.